The quantitative estimate of drug-likeness (QED) is 0.799. The molecule has 2 amide bonds. The molecule has 0 radical (unpaired) electrons. The SMILES string of the molecule is CC(=O)Nc1ccc(NC(=O)CC2(N)CCCC2)cc1Cl. The summed E-state index contributed by atoms with van der Waals surface area (Å²) in [4.78, 5) is 23.0. The molecule has 5 nitrogen and oxygen atoms in total. The Kier molecular flexibility index (Phi) is 4.85. The first-order chi connectivity index (χ1) is 9.88. The van der Waals surface area contributed by atoms with Crippen LogP contribution in [0.5, 0.6) is 0 Å². The van der Waals surface area contributed by atoms with Crippen LogP contribution in [0, 0.1) is 0 Å². The van der Waals surface area contributed by atoms with E-state index in [2.05, 4.69) is 10.6 Å². The molecule has 0 atom stereocenters. The lowest BCUT2D eigenvalue weighted by Gasteiger charge is -2.22. The zero-order valence-electron chi connectivity index (χ0n) is 12.0. The first-order valence-electron chi connectivity index (χ1n) is 7.04. The van der Waals surface area contributed by atoms with Crippen LogP contribution < -0.4 is 16.4 Å². The van der Waals surface area contributed by atoms with Crippen LogP contribution in [0.3, 0.4) is 0 Å². The van der Waals surface area contributed by atoms with Gasteiger partial charge in [0.2, 0.25) is 11.8 Å². The maximum absolute atomic E-state index is 12.0. The number of hydrogen-bond acceptors (Lipinski definition) is 3. The smallest absolute Gasteiger partial charge is 0.226 e. The van der Waals surface area contributed by atoms with E-state index in [1.54, 1.807) is 18.2 Å². The van der Waals surface area contributed by atoms with E-state index in [1.165, 1.54) is 6.92 Å². The van der Waals surface area contributed by atoms with Crippen LogP contribution in [0.2, 0.25) is 5.02 Å². The van der Waals surface area contributed by atoms with E-state index < -0.39 is 0 Å². The van der Waals surface area contributed by atoms with Gasteiger partial charge in [-0.1, -0.05) is 24.4 Å². The molecule has 1 aliphatic rings. The summed E-state index contributed by atoms with van der Waals surface area (Å²) >= 11 is 6.06. The molecule has 1 fully saturated rings. The van der Waals surface area contributed by atoms with Gasteiger partial charge in [-0.05, 0) is 31.0 Å². The van der Waals surface area contributed by atoms with E-state index in [0.717, 1.165) is 25.7 Å². The minimum absolute atomic E-state index is 0.109. The van der Waals surface area contributed by atoms with Gasteiger partial charge in [0, 0.05) is 24.6 Å². The zero-order valence-corrected chi connectivity index (χ0v) is 12.8. The molecule has 0 aromatic heterocycles. The first-order valence-corrected chi connectivity index (χ1v) is 7.42. The summed E-state index contributed by atoms with van der Waals surface area (Å²) in [6, 6.07) is 4.97. The van der Waals surface area contributed by atoms with Gasteiger partial charge in [0.1, 0.15) is 0 Å². The highest BCUT2D eigenvalue weighted by Crippen LogP contribution is 2.31. The number of nitrogens with two attached hydrogens (primary N) is 1. The fraction of sp³-hybridized carbons (Fsp3) is 0.467. The normalized spacial score (nSPS) is 16.5. The van der Waals surface area contributed by atoms with Gasteiger partial charge in [0.15, 0.2) is 0 Å². The molecule has 0 unspecified atom stereocenters. The Labute approximate surface area is 129 Å². The highest BCUT2D eigenvalue weighted by molar-refractivity contribution is 6.34. The Balaban J connectivity index is 1.97. The van der Waals surface area contributed by atoms with Gasteiger partial charge in [0.05, 0.1) is 10.7 Å². The van der Waals surface area contributed by atoms with E-state index in [-0.39, 0.29) is 17.4 Å². The van der Waals surface area contributed by atoms with Crippen LogP contribution >= 0.6 is 11.6 Å². The van der Waals surface area contributed by atoms with Crippen molar-refractivity contribution in [3.05, 3.63) is 23.2 Å². The summed E-state index contributed by atoms with van der Waals surface area (Å²) in [5.74, 6) is -0.303. The monoisotopic (exact) mass is 309 g/mol. The third-order valence-corrected chi connectivity index (χ3v) is 3.99. The summed E-state index contributed by atoms with van der Waals surface area (Å²) < 4.78 is 0. The van der Waals surface area contributed by atoms with Crippen LogP contribution in [-0.4, -0.2) is 17.4 Å². The molecule has 1 aromatic carbocycles. The van der Waals surface area contributed by atoms with Crippen LogP contribution in [-0.2, 0) is 9.59 Å². The molecule has 1 aliphatic carbocycles. The number of hydrogen-bond donors (Lipinski definition) is 3. The molecule has 2 rings (SSSR count). The average Bonchev–Trinajstić information content (AvgIpc) is 2.78. The van der Waals surface area contributed by atoms with Gasteiger partial charge >= 0.3 is 0 Å². The van der Waals surface area contributed by atoms with E-state index in [4.69, 9.17) is 17.3 Å². The number of amides is 2. The molecule has 6 heteroatoms. The Morgan fingerprint density at radius 2 is 1.95 bits per heavy atom. The van der Waals surface area contributed by atoms with E-state index >= 15 is 0 Å². The van der Waals surface area contributed by atoms with Crippen molar-refractivity contribution in [2.75, 3.05) is 10.6 Å². The fourth-order valence-electron chi connectivity index (χ4n) is 2.66. The molecule has 0 saturated heterocycles. The number of carbonyl (C=O) groups excluding carboxylic acids is 2. The average molecular weight is 310 g/mol. The lowest BCUT2D eigenvalue weighted by atomic mass is 9.94. The van der Waals surface area contributed by atoms with Crippen LogP contribution in [0.15, 0.2) is 18.2 Å². The Hall–Kier alpha value is -1.59. The molecule has 0 heterocycles. The molecular weight excluding hydrogens is 290 g/mol. The zero-order chi connectivity index (χ0) is 15.5. The topological polar surface area (TPSA) is 84.2 Å². The lowest BCUT2D eigenvalue weighted by Crippen LogP contribution is -2.40. The summed E-state index contributed by atoms with van der Waals surface area (Å²) in [7, 11) is 0. The van der Waals surface area contributed by atoms with Crippen LogP contribution in [0.1, 0.15) is 39.0 Å². The van der Waals surface area contributed by atoms with Gasteiger partial charge in [-0.2, -0.15) is 0 Å². The fourth-order valence-corrected chi connectivity index (χ4v) is 2.89. The van der Waals surface area contributed by atoms with E-state index in [0.29, 0.717) is 22.8 Å². The van der Waals surface area contributed by atoms with Crippen molar-refractivity contribution in [2.24, 2.45) is 5.73 Å². The van der Waals surface area contributed by atoms with Gasteiger partial charge < -0.3 is 16.4 Å². The minimum atomic E-state index is -0.371. The van der Waals surface area contributed by atoms with Gasteiger partial charge in [-0.15, -0.1) is 0 Å². The number of nitrogens with one attached hydrogen (secondary N) is 2. The molecular formula is C15H20ClN3O2. The van der Waals surface area contributed by atoms with Crippen molar-refractivity contribution < 1.29 is 9.59 Å². The Morgan fingerprint density at radius 1 is 1.29 bits per heavy atom. The first kappa shape index (κ1) is 15.8. The van der Waals surface area contributed by atoms with Gasteiger partial charge in [0.25, 0.3) is 0 Å². The second kappa shape index (κ2) is 6.45. The summed E-state index contributed by atoms with van der Waals surface area (Å²) in [5, 5.41) is 5.79. The van der Waals surface area contributed by atoms with Crippen molar-refractivity contribution in [2.45, 2.75) is 44.6 Å². The highest BCUT2D eigenvalue weighted by atomic mass is 35.5. The highest BCUT2D eigenvalue weighted by Gasteiger charge is 2.31. The van der Waals surface area contributed by atoms with Gasteiger partial charge in [-0.25, -0.2) is 0 Å². The number of rotatable bonds is 4. The summed E-state index contributed by atoms with van der Waals surface area (Å²) in [6.07, 6.45) is 4.27. The third kappa shape index (κ3) is 4.44. The molecule has 21 heavy (non-hydrogen) atoms. The molecule has 0 aliphatic heterocycles. The third-order valence-electron chi connectivity index (χ3n) is 3.68. The van der Waals surface area contributed by atoms with Crippen LogP contribution in [0.25, 0.3) is 0 Å². The molecule has 1 saturated carbocycles. The number of halogens is 1. The molecule has 0 spiro atoms. The second-order valence-electron chi connectivity index (χ2n) is 5.67. The summed E-state index contributed by atoms with van der Waals surface area (Å²) in [5.41, 5.74) is 6.94. The van der Waals surface area contributed by atoms with Crippen molar-refractivity contribution in [1.82, 2.24) is 0 Å². The second-order valence-corrected chi connectivity index (χ2v) is 6.08. The van der Waals surface area contributed by atoms with E-state index in [1.807, 2.05) is 0 Å². The largest absolute Gasteiger partial charge is 0.326 e. The van der Waals surface area contributed by atoms with Crippen molar-refractivity contribution in [3.63, 3.8) is 0 Å². The number of anilines is 2. The van der Waals surface area contributed by atoms with Crippen molar-refractivity contribution >= 4 is 34.8 Å². The molecule has 114 valence electrons. The molecule has 4 N–H and O–H groups in total. The minimum Gasteiger partial charge on any atom is -0.326 e. The predicted octanol–water partition coefficient (Wildman–Crippen LogP) is 2.90. The number of benzene rings is 1. The van der Waals surface area contributed by atoms with Crippen molar-refractivity contribution in [1.29, 1.82) is 0 Å². The van der Waals surface area contributed by atoms with Gasteiger partial charge in [-0.3, -0.25) is 9.59 Å². The predicted molar refractivity (Wildman–Crippen MR) is 84.4 cm³/mol. The lowest BCUT2D eigenvalue weighted by molar-refractivity contribution is -0.117. The van der Waals surface area contributed by atoms with E-state index in [9.17, 15) is 9.59 Å². The molecule has 1 aromatic rings. The number of carbonyl (C=O) groups is 2. The molecule has 0 bridgehead atoms. The standard InChI is InChI=1S/C15H20ClN3O2/c1-10(20)18-13-5-4-11(8-12(13)16)19-14(21)9-15(17)6-2-3-7-15/h4-5,8H,2-3,6-7,9,17H2,1H3,(H,18,20)(H,19,21). The Bertz CT molecular complexity index is 554. The van der Waals surface area contributed by atoms with Crippen LogP contribution in [0.4, 0.5) is 11.4 Å². The Morgan fingerprint density at radius 3 is 2.52 bits per heavy atom. The maximum atomic E-state index is 12.0. The van der Waals surface area contributed by atoms with Crippen molar-refractivity contribution in [3.8, 4) is 0 Å². The summed E-state index contributed by atoms with van der Waals surface area (Å²) in [6.45, 7) is 1.41. The maximum Gasteiger partial charge on any atom is 0.226 e.